The predicted molar refractivity (Wildman–Crippen MR) is 72.7 cm³/mol. The Morgan fingerprint density at radius 1 is 1.48 bits per heavy atom. The summed E-state index contributed by atoms with van der Waals surface area (Å²) in [5, 5.41) is 32.7. The van der Waals surface area contributed by atoms with Crippen LogP contribution in [0.4, 0.5) is 5.69 Å². The van der Waals surface area contributed by atoms with Gasteiger partial charge < -0.3 is 10.2 Å². The monoisotopic (exact) mass is 291 g/mol. The van der Waals surface area contributed by atoms with Gasteiger partial charge in [0.1, 0.15) is 0 Å². The van der Waals surface area contributed by atoms with E-state index >= 15 is 0 Å². The molecule has 2 rings (SSSR count). The van der Waals surface area contributed by atoms with Crippen LogP contribution in [-0.4, -0.2) is 37.5 Å². The molecule has 1 aromatic heterocycles. The number of hydrogen-bond donors (Lipinski definition) is 2. The van der Waals surface area contributed by atoms with Gasteiger partial charge in [-0.3, -0.25) is 10.1 Å². The highest BCUT2D eigenvalue weighted by Gasteiger charge is 2.17. The molecule has 0 bridgehead atoms. The number of carbonyl (C=O) groups is 1. The van der Waals surface area contributed by atoms with E-state index in [0.717, 1.165) is 0 Å². The quantitative estimate of drug-likeness (QED) is 0.633. The molecule has 0 aliphatic carbocycles. The fourth-order valence-corrected chi connectivity index (χ4v) is 2.01. The minimum atomic E-state index is -1.18. The fourth-order valence-electron chi connectivity index (χ4n) is 2.01. The van der Waals surface area contributed by atoms with Crippen molar-refractivity contribution in [1.82, 2.24) is 9.78 Å². The number of aromatic nitrogens is 2. The summed E-state index contributed by atoms with van der Waals surface area (Å²) in [6.07, 6.45) is 1.67. The van der Waals surface area contributed by atoms with Gasteiger partial charge in [0.15, 0.2) is 5.69 Å². The zero-order valence-electron chi connectivity index (χ0n) is 11.2. The van der Waals surface area contributed by atoms with Gasteiger partial charge in [-0.05, 0) is 25.5 Å². The number of nitro groups is 1. The molecule has 0 saturated heterocycles. The van der Waals surface area contributed by atoms with Crippen molar-refractivity contribution in [1.29, 1.82) is 0 Å². The number of rotatable bonds is 5. The molecule has 0 radical (unpaired) electrons. The van der Waals surface area contributed by atoms with E-state index in [4.69, 9.17) is 10.2 Å². The summed E-state index contributed by atoms with van der Waals surface area (Å²) in [4.78, 5) is 21.4. The van der Waals surface area contributed by atoms with E-state index in [2.05, 4.69) is 5.10 Å². The van der Waals surface area contributed by atoms with E-state index in [-0.39, 0.29) is 24.4 Å². The number of aliphatic hydroxyl groups excluding tert-OH is 1. The SMILES string of the molecule is Cc1cc(-n2cc(CCO)c(C(=O)O)n2)ccc1[N+](=O)[O-]. The molecule has 1 heterocycles. The molecule has 1 aromatic carbocycles. The lowest BCUT2D eigenvalue weighted by atomic mass is 10.2. The topological polar surface area (TPSA) is 118 Å². The number of hydrogen-bond acceptors (Lipinski definition) is 5. The van der Waals surface area contributed by atoms with Gasteiger partial charge >= 0.3 is 5.97 Å². The van der Waals surface area contributed by atoms with Crippen LogP contribution in [0.15, 0.2) is 24.4 Å². The standard InChI is InChI=1S/C13H13N3O5/c1-8-6-10(2-3-11(8)16(20)21)15-7-9(4-5-17)12(14-15)13(18)19/h2-3,6-7,17H,4-5H2,1H3,(H,18,19). The minimum Gasteiger partial charge on any atom is -0.476 e. The molecule has 0 aliphatic rings. The molecule has 8 heteroatoms. The molecule has 0 aliphatic heterocycles. The number of aromatic carboxylic acids is 1. The van der Waals surface area contributed by atoms with Crippen molar-refractivity contribution in [2.75, 3.05) is 6.61 Å². The Balaban J connectivity index is 2.47. The van der Waals surface area contributed by atoms with Gasteiger partial charge in [-0.25, -0.2) is 9.48 Å². The highest BCUT2D eigenvalue weighted by atomic mass is 16.6. The lowest BCUT2D eigenvalue weighted by Crippen LogP contribution is -2.04. The summed E-state index contributed by atoms with van der Waals surface area (Å²) < 4.78 is 1.34. The lowest BCUT2D eigenvalue weighted by molar-refractivity contribution is -0.385. The first-order chi connectivity index (χ1) is 9.93. The van der Waals surface area contributed by atoms with E-state index in [1.54, 1.807) is 13.0 Å². The maximum Gasteiger partial charge on any atom is 0.356 e. The number of aliphatic hydroxyl groups is 1. The van der Waals surface area contributed by atoms with Crippen LogP contribution in [0.1, 0.15) is 21.6 Å². The van der Waals surface area contributed by atoms with Gasteiger partial charge in [-0.15, -0.1) is 0 Å². The second-order valence-corrected chi connectivity index (χ2v) is 4.45. The molecule has 0 amide bonds. The summed E-state index contributed by atoms with van der Waals surface area (Å²) in [7, 11) is 0. The van der Waals surface area contributed by atoms with Gasteiger partial charge in [0.05, 0.1) is 10.6 Å². The van der Waals surface area contributed by atoms with E-state index in [1.807, 2.05) is 0 Å². The van der Waals surface area contributed by atoms with Crippen molar-refractivity contribution >= 4 is 11.7 Å². The molecule has 2 aromatic rings. The third-order valence-corrected chi connectivity index (χ3v) is 3.02. The van der Waals surface area contributed by atoms with Gasteiger partial charge in [-0.2, -0.15) is 5.10 Å². The Kier molecular flexibility index (Phi) is 3.99. The molecular formula is C13H13N3O5. The number of carboxylic acid groups (broad SMARTS) is 1. The second-order valence-electron chi connectivity index (χ2n) is 4.45. The van der Waals surface area contributed by atoms with Crippen molar-refractivity contribution < 1.29 is 19.9 Å². The first-order valence-electron chi connectivity index (χ1n) is 6.12. The molecule has 0 unspecified atom stereocenters. The predicted octanol–water partition coefficient (Wildman–Crippen LogP) is 1.32. The Labute approximate surface area is 119 Å². The van der Waals surface area contributed by atoms with E-state index in [1.165, 1.54) is 23.0 Å². The third-order valence-electron chi connectivity index (χ3n) is 3.02. The Bertz CT molecular complexity index is 708. The van der Waals surface area contributed by atoms with Crippen LogP contribution in [0.3, 0.4) is 0 Å². The van der Waals surface area contributed by atoms with Crippen molar-refractivity contribution in [3.05, 3.63) is 51.3 Å². The van der Waals surface area contributed by atoms with Crippen LogP contribution >= 0.6 is 0 Å². The van der Waals surface area contributed by atoms with Gasteiger partial charge in [-0.1, -0.05) is 0 Å². The number of benzene rings is 1. The molecule has 8 nitrogen and oxygen atoms in total. The number of nitrogens with zero attached hydrogens (tertiary/aromatic N) is 3. The Hall–Kier alpha value is -2.74. The van der Waals surface area contributed by atoms with Crippen LogP contribution in [0, 0.1) is 17.0 Å². The fraction of sp³-hybridized carbons (Fsp3) is 0.231. The van der Waals surface area contributed by atoms with Crippen LogP contribution in [0.5, 0.6) is 0 Å². The van der Waals surface area contributed by atoms with Crippen LogP contribution in [0.25, 0.3) is 5.69 Å². The van der Waals surface area contributed by atoms with Crippen molar-refractivity contribution in [2.45, 2.75) is 13.3 Å². The van der Waals surface area contributed by atoms with Crippen LogP contribution in [-0.2, 0) is 6.42 Å². The normalized spacial score (nSPS) is 10.6. The number of aryl methyl sites for hydroxylation is 1. The Morgan fingerprint density at radius 3 is 2.71 bits per heavy atom. The molecule has 0 spiro atoms. The first kappa shape index (κ1) is 14.7. The average Bonchev–Trinajstić information content (AvgIpc) is 2.83. The highest BCUT2D eigenvalue weighted by Crippen LogP contribution is 2.21. The molecular weight excluding hydrogens is 278 g/mol. The molecule has 0 atom stereocenters. The molecule has 0 fully saturated rings. The largest absolute Gasteiger partial charge is 0.476 e. The maximum atomic E-state index is 11.1. The smallest absolute Gasteiger partial charge is 0.356 e. The molecule has 110 valence electrons. The number of nitro benzene ring substituents is 1. The maximum absolute atomic E-state index is 11.1. The van der Waals surface area contributed by atoms with Crippen LogP contribution in [0.2, 0.25) is 0 Å². The summed E-state index contributed by atoms with van der Waals surface area (Å²) >= 11 is 0. The third kappa shape index (κ3) is 2.90. The van der Waals surface area contributed by atoms with Crippen LogP contribution < -0.4 is 0 Å². The zero-order valence-corrected chi connectivity index (χ0v) is 11.2. The van der Waals surface area contributed by atoms with Gasteiger partial charge in [0.25, 0.3) is 5.69 Å². The summed E-state index contributed by atoms with van der Waals surface area (Å²) in [6, 6.07) is 4.39. The van der Waals surface area contributed by atoms with E-state index in [9.17, 15) is 14.9 Å². The molecule has 21 heavy (non-hydrogen) atoms. The summed E-state index contributed by atoms with van der Waals surface area (Å²) in [5.74, 6) is -1.18. The van der Waals surface area contributed by atoms with Crippen molar-refractivity contribution in [3.63, 3.8) is 0 Å². The average molecular weight is 291 g/mol. The van der Waals surface area contributed by atoms with Crippen molar-refractivity contribution in [3.8, 4) is 5.69 Å². The van der Waals surface area contributed by atoms with E-state index < -0.39 is 10.9 Å². The van der Waals surface area contributed by atoms with Crippen molar-refractivity contribution in [2.24, 2.45) is 0 Å². The molecule has 0 saturated carbocycles. The van der Waals surface area contributed by atoms with Gasteiger partial charge in [0.2, 0.25) is 0 Å². The second kappa shape index (κ2) is 5.71. The number of carboxylic acids is 1. The lowest BCUT2D eigenvalue weighted by Gasteiger charge is -2.03. The minimum absolute atomic E-state index is 0.0139. The summed E-state index contributed by atoms with van der Waals surface area (Å²) in [5.41, 5.74) is 1.22. The highest BCUT2D eigenvalue weighted by molar-refractivity contribution is 5.87. The molecule has 2 N–H and O–H groups in total. The summed E-state index contributed by atoms with van der Waals surface area (Å²) in [6.45, 7) is 1.41. The zero-order chi connectivity index (χ0) is 15.6. The van der Waals surface area contributed by atoms with E-state index in [0.29, 0.717) is 16.8 Å². The first-order valence-corrected chi connectivity index (χ1v) is 6.12. The Morgan fingerprint density at radius 2 is 2.19 bits per heavy atom. The van der Waals surface area contributed by atoms with Gasteiger partial charge in [0, 0.05) is 30.0 Å².